The zero-order chi connectivity index (χ0) is 17.3. The largest absolute Gasteiger partial charge is 0.507 e. The Labute approximate surface area is 153 Å². The maximum absolute atomic E-state index is 12.8. The molecule has 1 heterocycles. The molecule has 1 amide bonds. The summed E-state index contributed by atoms with van der Waals surface area (Å²) in [6.45, 7) is 2.04. The summed E-state index contributed by atoms with van der Waals surface area (Å²) in [5.74, 6) is -0.0398. The Kier molecular flexibility index (Phi) is 4.69. The number of halogens is 1. The Balaban J connectivity index is 1.97. The third-order valence-corrected chi connectivity index (χ3v) is 4.69. The molecule has 0 radical (unpaired) electrons. The molecule has 2 aromatic carbocycles. The Morgan fingerprint density at radius 3 is 2.75 bits per heavy atom. The van der Waals surface area contributed by atoms with Crippen LogP contribution in [-0.2, 0) is 11.2 Å². The highest BCUT2D eigenvalue weighted by atomic mass is 79.9. The first-order valence-electron chi connectivity index (χ1n) is 7.45. The molecule has 4 nitrogen and oxygen atoms in total. The lowest BCUT2D eigenvalue weighted by molar-refractivity contribution is -0.113. The van der Waals surface area contributed by atoms with E-state index >= 15 is 0 Å². The number of anilines is 1. The molecule has 0 atom stereocenters. The van der Waals surface area contributed by atoms with E-state index in [1.807, 2.05) is 31.2 Å². The maximum atomic E-state index is 12.8. The molecule has 0 bridgehead atoms. The van der Waals surface area contributed by atoms with Gasteiger partial charge in [0.2, 0.25) is 0 Å². The summed E-state index contributed by atoms with van der Waals surface area (Å²) in [6.07, 6.45) is 2.53. The van der Waals surface area contributed by atoms with Crippen LogP contribution in [0.3, 0.4) is 0 Å². The van der Waals surface area contributed by atoms with Gasteiger partial charge in [0.15, 0.2) is 5.11 Å². The van der Waals surface area contributed by atoms with Crippen molar-refractivity contribution in [1.29, 1.82) is 0 Å². The average molecular weight is 403 g/mol. The first-order chi connectivity index (χ1) is 11.5. The van der Waals surface area contributed by atoms with Crippen LogP contribution in [0.4, 0.5) is 5.69 Å². The molecule has 6 heteroatoms. The van der Waals surface area contributed by atoms with Gasteiger partial charge in [-0.15, -0.1) is 0 Å². The standard InChI is InChI=1S/C18H15BrN2O2S/c1-2-12-5-3-4-6-15(12)21-17(23)14(20-18(21)24)10-11-7-8-16(22)13(19)9-11/h3-10,22H,2H2,1H3,(H,20,24)/b14-10+. The monoisotopic (exact) mass is 402 g/mol. The quantitative estimate of drug-likeness (QED) is 0.602. The molecule has 24 heavy (non-hydrogen) atoms. The number of phenolic OH excluding ortho intramolecular Hbond substituents is 1. The van der Waals surface area contributed by atoms with Crippen LogP contribution in [0, 0.1) is 0 Å². The van der Waals surface area contributed by atoms with Crippen molar-refractivity contribution in [2.24, 2.45) is 0 Å². The second-order valence-corrected chi connectivity index (χ2v) is 6.56. The minimum atomic E-state index is -0.190. The van der Waals surface area contributed by atoms with E-state index < -0.39 is 0 Å². The van der Waals surface area contributed by atoms with Crippen LogP contribution in [0.15, 0.2) is 52.6 Å². The van der Waals surface area contributed by atoms with Gasteiger partial charge in [0.25, 0.3) is 5.91 Å². The van der Waals surface area contributed by atoms with Crippen molar-refractivity contribution in [3.63, 3.8) is 0 Å². The Hall–Kier alpha value is -2.18. The number of nitrogens with one attached hydrogen (secondary N) is 1. The predicted molar refractivity (Wildman–Crippen MR) is 103 cm³/mol. The summed E-state index contributed by atoms with van der Waals surface area (Å²) < 4.78 is 0.568. The number of thiocarbonyl (C=S) groups is 1. The van der Waals surface area contributed by atoms with E-state index in [2.05, 4.69) is 21.2 Å². The molecule has 122 valence electrons. The summed E-state index contributed by atoms with van der Waals surface area (Å²) in [4.78, 5) is 14.3. The van der Waals surface area contributed by atoms with Gasteiger partial charge in [0.05, 0.1) is 10.2 Å². The number of rotatable bonds is 3. The van der Waals surface area contributed by atoms with Gasteiger partial charge < -0.3 is 10.4 Å². The summed E-state index contributed by atoms with van der Waals surface area (Å²) in [5, 5.41) is 12.9. The van der Waals surface area contributed by atoms with Gasteiger partial charge in [0, 0.05) is 0 Å². The van der Waals surface area contributed by atoms with Crippen molar-refractivity contribution in [3.05, 3.63) is 63.8 Å². The van der Waals surface area contributed by atoms with Crippen LogP contribution in [0.25, 0.3) is 6.08 Å². The minimum absolute atomic E-state index is 0.150. The molecule has 2 aromatic rings. The predicted octanol–water partition coefficient (Wildman–Crippen LogP) is 3.98. The molecule has 3 rings (SSSR count). The molecule has 2 N–H and O–H groups in total. The molecule has 0 saturated carbocycles. The van der Waals surface area contributed by atoms with E-state index in [9.17, 15) is 9.90 Å². The van der Waals surface area contributed by atoms with Crippen molar-refractivity contribution in [2.45, 2.75) is 13.3 Å². The van der Waals surface area contributed by atoms with Crippen LogP contribution in [0.1, 0.15) is 18.1 Å². The Morgan fingerprint density at radius 1 is 1.29 bits per heavy atom. The second kappa shape index (κ2) is 6.75. The first kappa shape index (κ1) is 16.7. The molecular weight excluding hydrogens is 388 g/mol. The number of carbonyl (C=O) groups is 1. The highest BCUT2D eigenvalue weighted by molar-refractivity contribution is 9.10. The number of carbonyl (C=O) groups excluding carboxylic acids is 1. The lowest BCUT2D eigenvalue weighted by atomic mass is 10.1. The van der Waals surface area contributed by atoms with Crippen LogP contribution in [0.5, 0.6) is 5.75 Å². The topological polar surface area (TPSA) is 52.6 Å². The van der Waals surface area contributed by atoms with E-state index in [-0.39, 0.29) is 11.7 Å². The van der Waals surface area contributed by atoms with Crippen LogP contribution < -0.4 is 10.2 Å². The zero-order valence-electron chi connectivity index (χ0n) is 12.9. The molecular formula is C18H15BrN2O2S. The van der Waals surface area contributed by atoms with Crippen LogP contribution >= 0.6 is 28.1 Å². The fourth-order valence-corrected chi connectivity index (χ4v) is 3.25. The van der Waals surface area contributed by atoms with E-state index in [1.54, 1.807) is 24.3 Å². The van der Waals surface area contributed by atoms with Gasteiger partial charge in [-0.25, -0.2) is 0 Å². The highest BCUT2D eigenvalue weighted by Gasteiger charge is 2.32. The van der Waals surface area contributed by atoms with Gasteiger partial charge in [-0.1, -0.05) is 31.2 Å². The van der Waals surface area contributed by atoms with E-state index in [0.717, 1.165) is 23.2 Å². The SMILES string of the molecule is CCc1ccccc1N1C(=O)/C(=C\c2ccc(O)c(Br)c2)NC1=S. The molecule has 1 saturated heterocycles. The van der Waals surface area contributed by atoms with E-state index in [1.165, 1.54) is 4.90 Å². The fourth-order valence-electron chi connectivity index (χ4n) is 2.56. The summed E-state index contributed by atoms with van der Waals surface area (Å²) >= 11 is 8.62. The van der Waals surface area contributed by atoms with E-state index in [4.69, 9.17) is 12.2 Å². The van der Waals surface area contributed by atoms with Gasteiger partial charge in [0.1, 0.15) is 11.4 Å². The van der Waals surface area contributed by atoms with Gasteiger partial charge >= 0.3 is 0 Å². The number of aromatic hydroxyl groups is 1. The van der Waals surface area contributed by atoms with Crippen LogP contribution in [0.2, 0.25) is 0 Å². The molecule has 0 unspecified atom stereocenters. The summed E-state index contributed by atoms with van der Waals surface area (Å²) in [7, 11) is 0. The minimum Gasteiger partial charge on any atom is -0.507 e. The van der Waals surface area contributed by atoms with Crippen molar-refractivity contribution in [1.82, 2.24) is 5.32 Å². The summed E-state index contributed by atoms with van der Waals surface area (Å²) in [5.41, 5.74) is 3.05. The summed E-state index contributed by atoms with van der Waals surface area (Å²) in [6, 6.07) is 12.8. The lowest BCUT2D eigenvalue weighted by Crippen LogP contribution is -2.31. The molecule has 0 aliphatic carbocycles. The molecule has 0 spiro atoms. The Bertz CT molecular complexity index is 864. The second-order valence-electron chi connectivity index (χ2n) is 5.32. The van der Waals surface area contributed by atoms with Crippen molar-refractivity contribution in [2.75, 3.05) is 4.90 Å². The average Bonchev–Trinajstić information content (AvgIpc) is 2.85. The maximum Gasteiger partial charge on any atom is 0.281 e. The lowest BCUT2D eigenvalue weighted by Gasteiger charge is -2.17. The van der Waals surface area contributed by atoms with Crippen molar-refractivity contribution >= 4 is 50.9 Å². The fraction of sp³-hybridized carbons (Fsp3) is 0.111. The van der Waals surface area contributed by atoms with Gasteiger partial charge in [-0.2, -0.15) is 0 Å². The number of para-hydroxylation sites is 1. The zero-order valence-corrected chi connectivity index (χ0v) is 15.3. The molecule has 0 aromatic heterocycles. The normalized spacial score (nSPS) is 15.9. The van der Waals surface area contributed by atoms with Gasteiger partial charge in [-0.05, 0) is 70.0 Å². The van der Waals surface area contributed by atoms with Crippen molar-refractivity contribution in [3.8, 4) is 5.75 Å². The first-order valence-corrected chi connectivity index (χ1v) is 8.65. The number of nitrogens with zero attached hydrogens (tertiary/aromatic N) is 1. The van der Waals surface area contributed by atoms with Crippen molar-refractivity contribution < 1.29 is 9.90 Å². The number of aryl methyl sites for hydroxylation is 1. The third-order valence-electron chi connectivity index (χ3n) is 3.77. The third kappa shape index (κ3) is 3.07. The van der Waals surface area contributed by atoms with Crippen LogP contribution in [-0.4, -0.2) is 16.1 Å². The number of benzene rings is 2. The number of phenols is 1. The smallest absolute Gasteiger partial charge is 0.281 e. The number of hydrogen-bond donors (Lipinski definition) is 2. The highest BCUT2D eigenvalue weighted by Crippen LogP contribution is 2.28. The number of amides is 1. The molecule has 1 aliphatic rings. The molecule has 1 fully saturated rings. The molecule has 1 aliphatic heterocycles. The Morgan fingerprint density at radius 2 is 2.04 bits per heavy atom. The van der Waals surface area contributed by atoms with Gasteiger partial charge in [-0.3, -0.25) is 9.69 Å². The number of hydrogen-bond acceptors (Lipinski definition) is 3. The van der Waals surface area contributed by atoms with E-state index in [0.29, 0.717) is 15.3 Å².